The quantitative estimate of drug-likeness (QED) is 0.183. The standard InChI is InChI=1S/C48H42N2/c1-34-30-46(39-18-9-4-10-19-39)50-47(33-45(34)37-16-7-3-8-17-37)42-22-11-20-40(31-42)41-21-12-23-43(32-41)48-44(24-13-29-49-48)38-27-25-36(26-28-38)35-14-5-2-6-15-35/h2-5,7-13,16-27,29-30,32-33,35,38,40H,1,6,14-15,28,31H2. The minimum Gasteiger partial charge on any atom is -0.256 e. The summed E-state index contributed by atoms with van der Waals surface area (Å²) in [7, 11) is 0. The second kappa shape index (κ2) is 14.5. The number of allylic oxidation sites excluding steroid dienone is 14. The van der Waals surface area contributed by atoms with Crippen molar-refractivity contribution in [2.75, 3.05) is 0 Å². The van der Waals surface area contributed by atoms with Gasteiger partial charge in [0.2, 0.25) is 0 Å². The first kappa shape index (κ1) is 31.7. The molecule has 4 aromatic rings. The number of pyridine rings is 1. The smallest absolute Gasteiger partial charge is 0.0740 e. The Kier molecular flexibility index (Phi) is 9.17. The SMILES string of the molecule is C=C1C=C(c2ccccc2)N=C(C2=CC=CC(c3cccc(-c4ncccc4C4C=CC(C5CC=CCC5)=CC4)c3)C2)C=C1c1ccccc1. The molecule has 0 spiro atoms. The topological polar surface area (TPSA) is 25.2 Å². The summed E-state index contributed by atoms with van der Waals surface area (Å²) in [5.74, 6) is 1.21. The summed E-state index contributed by atoms with van der Waals surface area (Å²) in [4.78, 5) is 10.3. The van der Waals surface area contributed by atoms with Gasteiger partial charge in [-0.2, -0.15) is 0 Å². The van der Waals surface area contributed by atoms with Gasteiger partial charge in [-0.3, -0.25) is 4.98 Å². The summed E-state index contributed by atoms with van der Waals surface area (Å²) in [6, 6.07) is 34.3. The first-order valence-electron chi connectivity index (χ1n) is 18.0. The molecule has 2 nitrogen and oxygen atoms in total. The number of hydrogen-bond acceptors (Lipinski definition) is 2. The number of benzene rings is 3. The van der Waals surface area contributed by atoms with Crippen molar-refractivity contribution >= 4 is 17.0 Å². The van der Waals surface area contributed by atoms with E-state index in [1.165, 1.54) is 40.7 Å². The second-order valence-corrected chi connectivity index (χ2v) is 13.7. The lowest BCUT2D eigenvalue weighted by atomic mass is 9.81. The zero-order valence-corrected chi connectivity index (χ0v) is 28.5. The highest BCUT2D eigenvalue weighted by Crippen LogP contribution is 2.39. The van der Waals surface area contributed by atoms with E-state index in [4.69, 9.17) is 9.98 Å². The van der Waals surface area contributed by atoms with Crippen molar-refractivity contribution < 1.29 is 0 Å². The third kappa shape index (κ3) is 6.80. The minimum atomic E-state index is 0.221. The van der Waals surface area contributed by atoms with Crippen LogP contribution in [0.1, 0.15) is 66.2 Å². The van der Waals surface area contributed by atoms with Crippen LogP contribution in [-0.2, 0) is 0 Å². The predicted octanol–water partition coefficient (Wildman–Crippen LogP) is 12.2. The van der Waals surface area contributed by atoms with Crippen LogP contribution in [0.5, 0.6) is 0 Å². The van der Waals surface area contributed by atoms with Crippen LogP contribution in [0.4, 0.5) is 0 Å². The molecular formula is C48H42N2. The van der Waals surface area contributed by atoms with Gasteiger partial charge in [-0.15, -0.1) is 0 Å². The number of aliphatic imine (C=N–C) groups is 1. The van der Waals surface area contributed by atoms with Crippen molar-refractivity contribution in [1.29, 1.82) is 0 Å². The zero-order valence-electron chi connectivity index (χ0n) is 28.5. The van der Waals surface area contributed by atoms with Gasteiger partial charge < -0.3 is 0 Å². The van der Waals surface area contributed by atoms with Crippen molar-refractivity contribution in [3.8, 4) is 11.3 Å². The van der Waals surface area contributed by atoms with Gasteiger partial charge in [0.1, 0.15) is 0 Å². The lowest BCUT2D eigenvalue weighted by Gasteiger charge is -2.25. The van der Waals surface area contributed by atoms with E-state index in [1.807, 2.05) is 12.3 Å². The van der Waals surface area contributed by atoms with Gasteiger partial charge in [-0.05, 0) is 101 Å². The van der Waals surface area contributed by atoms with E-state index in [0.29, 0.717) is 11.8 Å². The fourth-order valence-electron chi connectivity index (χ4n) is 7.71. The first-order valence-corrected chi connectivity index (χ1v) is 18.0. The lowest BCUT2D eigenvalue weighted by molar-refractivity contribution is 0.557. The van der Waals surface area contributed by atoms with Crippen LogP contribution in [0.2, 0.25) is 0 Å². The Hall–Kier alpha value is -5.60. The van der Waals surface area contributed by atoms with Crippen LogP contribution in [0.3, 0.4) is 0 Å². The van der Waals surface area contributed by atoms with E-state index in [9.17, 15) is 0 Å². The average Bonchev–Trinajstić information content (AvgIpc) is 3.38. The molecule has 0 N–H and O–H groups in total. The largest absolute Gasteiger partial charge is 0.256 e. The van der Waals surface area contributed by atoms with E-state index in [1.54, 1.807) is 0 Å². The molecule has 1 aromatic heterocycles. The van der Waals surface area contributed by atoms with Gasteiger partial charge in [-0.25, -0.2) is 4.99 Å². The first-order chi connectivity index (χ1) is 24.7. The molecule has 2 heterocycles. The van der Waals surface area contributed by atoms with Gasteiger partial charge in [0.05, 0.1) is 17.1 Å². The van der Waals surface area contributed by atoms with Crippen LogP contribution in [0.15, 0.2) is 192 Å². The monoisotopic (exact) mass is 646 g/mol. The maximum atomic E-state index is 5.30. The summed E-state index contributed by atoms with van der Waals surface area (Å²) >= 11 is 0. The highest BCUT2D eigenvalue weighted by molar-refractivity contribution is 6.17. The summed E-state index contributed by atoms with van der Waals surface area (Å²) in [6.45, 7) is 4.49. The average molecular weight is 647 g/mol. The molecular weight excluding hydrogens is 605 g/mol. The van der Waals surface area contributed by atoms with E-state index in [2.05, 4.69) is 158 Å². The number of nitrogens with zero attached hydrogens (tertiary/aromatic N) is 2. The third-order valence-electron chi connectivity index (χ3n) is 10.4. The van der Waals surface area contributed by atoms with E-state index in [-0.39, 0.29) is 5.92 Å². The van der Waals surface area contributed by atoms with Crippen LogP contribution in [0.25, 0.3) is 22.5 Å². The minimum absolute atomic E-state index is 0.221. The summed E-state index contributed by atoms with van der Waals surface area (Å²) in [5, 5.41) is 0. The molecule has 2 heteroatoms. The molecule has 3 unspecified atom stereocenters. The molecule has 0 saturated heterocycles. The van der Waals surface area contributed by atoms with Gasteiger partial charge in [0.25, 0.3) is 0 Å². The summed E-state index contributed by atoms with van der Waals surface area (Å²) < 4.78 is 0. The van der Waals surface area contributed by atoms with Crippen molar-refractivity contribution in [3.63, 3.8) is 0 Å². The number of hydrogen-bond donors (Lipinski definition) is 0. The molecule has 4 aliphatic rings. The Bertz CT molecular complexity index is 2150. The zero-order chi connectivity index (χ0) is 33.7. The Balaban J connectivity index is 1.07. The molecule has 0 bridgehead atoms. The molecule has 0 fully saturated rings. The molecule has 0 amide bonds. The Morgan fingerprint density at radius 2 is 1.54 bits per heavy atom. The van der Waals surface area contributed by atoms with Crippen molar-refractivity contribution in [3.05, 3.63) is 210 Å². The molecule has 0 saturated carbocycles. The van der Waals surface area contributed by atoms with Crippen molar-refractivity contribution in [1.82, 2.24) is 4.98 Å². The van der Waals surface area contributed by atoms with Crippen LogP contribution in [-0.4, -0.2) is 10.7 Å². The lowest BCUT2D eigenvalue weighted by Crippen LogP contribution is -2.09. The fourth-order valence-corrected chi connectivity index (χ4v) is 7.71. The van der Waals surface area contributed by atoms with Gasteiger partial charge in [-0.1, -0.05) is 140 Å². The Morgan fingerprint density at radius 3 is 2.32 bits per heavy atom. The summed E-state index contributed by atoms with van der Waals surface area (Å²) in [6.07, 6.45) is 30.5. The number of aromatic nitrogens is 1. The van der Waals surface area contributed by atoms with E-state index >= 15 is 0 Å². The molecule has 8 rings (SSSR count). The number of rotatable bonds is 7. The third-order valence-corrected chi connectivity index (χ3v) is 10.4. The Morgan fingerprint density at radius 1 is 0.720 bits per heavy atom. The molecule has 244 valence electrons. The van der Waals surface area contributed by atoms with E-state index in [0.717, 1.165) is 58.6 Å². The maximum absolute atomic E-state index is 5.30. The van der Waals surface area contributed by atoms with Crippen molar-refractivity contribution in [2.24, 2.45) is 10.9 Å². The molecule has 3 atom stereocenters. The molecule has 50 heavy (non-hydrogen) atoms. The van der Waals surface area contributed by atoms with E-state index < -0.39 is 0 Å². The van der Waals surface area contributed by atoms with Crippen LogP contribution < -0.4 is 0 Å². The highest BCUT2D eigenvalue weighted by atomic mass is 14.8. The summed E-state index contributed by atoms with van der Waals surface area (Å²) in [5.41, 5.74) is 13.8. The van der Waals surface area contributed by atoms with Gasteiger partial charge in [0.15, 0.2) is 0 Å². The second-order valence-electron chi connectivity index (χ2n) is 13.7. The molecule has 3 aliphatic carbocycles. The van der Waals surface area contributed by atoms with Crippen LogP contribution in [0, 0.1) is 5.92 Å². The van der Waals surface area contributed by atoms with Crippen molar-refractivity contribution in [2.45, 2.75) is 43.9 Å². The molecule has 0 radical (unpaired) electrons. The molecule has 3 aromatic carbocycles. The predicted molar refractivity (Wildman–Crippen MR) is 211 cm³/mol. The van der Waals surface area contributed by atoms with Crippen LogP contribution >= 0.6 is 0 Å². The fraction of sp³-hybridized carbons (Fsp3) is 0.167. The van der Waals surface area contributed by atoms with Gasteiger partial charge in [0, 0.05) is 29.2 Å². The molecule has 1 aliphatic heterocycles. The Labute approximate surface area is 296 Å². The normalized spacial score (nSPS) is 21.8. The highest BCUT2D eigenvalue weighted by Gasteiger charge is 2.23. The van der Waals surface area contributed by atoms with Gasteiger partial charge >= 0.3 is 0 Å². The maximum Gasteiger partial charge on any atom is 0.0740 e.